The molecule has 0 saturated carbocycles. The molecule has 1 aliphatic rings. The van der Waals surface area contributed by atoms with Gasteiger partial charge in [-0.25, -0.2) is 0 Å². The number of nitrogens with zero attached hydrogens (tertiary/aromatic N) is 1. The Kier molecular flexibility index (Phi) is 3.70. The van der Waals surface area contributed by atoms with Crippen LogP contribution in [0.1, 0.15) is 23.1 Å². The molecule has 2 nitrogen and oxygen atoms in total. The number of halogens is 1. The fourth-order valence-electron chi connectivity index (χ4n) is 2.90. The zero-order valence-corrected chi connectivity index (χ0v) is 13.3. The SMILES string of the molecule is Cc1ccc2c(c1)CCCN2Cc1c(N)cccc1Br. The third-order valence-electron chi connectivity index (χ3n) is 3.95. The summed E-state index contributed by atoms with van der Waals surface area (Å²) in [6.45, 7) is 4.12. The molecule has 0 spiro atoms. The van der Waals surface area contributed by atoms with Gasteiger partial charge in [-0.2, -0.15) is 0 Å². The van der Waals surface area contributed by atoms with Crippen LogP contribution in [0.4, 0.5) is 11.4 Å². The van der Waals surface area contributed by atoms with E-state index in [0.717, 1.165) is 23.2 Å². The Hall–Kier alpha value is -1.48. The molecule has 1 aliphatic heterocycles. The Bertz CT molecular complexity index is 617. The monoisotopic (exact) mass is 330 g/mol. The Morgan fingerprint density at radius 2 is 2.10 bits per heavy atom. The van der Waals surface area contributed by atoms with E-state index in [4.69, 9.17) is 5.73 Å². The molecule has 0 amide bonds. The van der Waals surface area contributed by atoms with Gasteiger partial charge in [-0.3, -0.25) is 0 Å². The van der Waals surface area contributed by atoms with Crippen LogP contribution in [0.25, 0.3) is 0 Å². The summed E-state index contributed by atoms with van der Waals surface area (Å²) < 4.78 is 1.09. The molecule has 0 saturated heterocycles. The lowest BCUT2D eigenvalue weighted by molar-refractivity contribution is 0.690. The highest BCUT2D eigenvalue weighted by molar-refractivity contribution is 9.10. The van der Waals surface area contributed by atoms with E-state index in [9.17, 15) is 0 Å². The van der Waals surface area contributed by atoms with Gasteiger partial charge in [0.05, 0.1) is 0 Å². The summed E-state index contributed by atoms with van der Waals surface area (Å²) in [7, 11) is 0. The predicted octanol–water partition coefficient (Wildman–Crippen LogP) is 4.29. The molecule has 2 aromatic rings. The van der Waals surface area contributed by atoms with Crippen LogP contribution >= 0.6 is 15.9 Å². The van der Waals surface area contributed by atoms with Crippen molar-refractivity contribution in [3.8, 4) is 0 Å². The minimum atomic E-state index is 0.860. The van der Waals surface area contributed by atoms with Crippen molar-refractivity contribution in [2.45, 2.75) is 26.3 Å². The third kappa shape index (κ3) is 2.55. The Morgan fingerprint density at radius 3 is 2.90 bits per heavy atom. The van der Waals surface area contributed by atoms with Crippen LogP contribution in [0.5, 0.6) is 0 Å². The quantitative estimate of drug-likeness (QED) is 0.832. The summed E-state index contributed by atoms with van der Waals surface area (Å²) in [5, 5.41) is 0. The molecule has 0 radical (unpaired) electrons. The van der Waals surface area contributed by atoms with Crippen LogP contribution in [-0.2, 0) is 13.0 Å². The van der Waals surface area contributed by atoms with Gasteiger partial charge in [0.25, 0.3) is 0 Å². The van der Waals surface area contributed by atoms with Crippen LogP contribution in [-0.4, -0.2) is 6.54 Å². The zero-order chi connectivity index (χ0) is 14.1. The molecular formula is C17H19BrN2. The highest BCUT2D eigenvalue weighted by Crippen LogP contribution is 2.32. The van der Waals surface area contributed by atoms with Crippen molar-refractivity contribution in [2.24, 2.45) is 0 Å². The van der Waals surface area contributed by atoms with Crippen molar-refractivity contribution in [3.05, 3.63) is 57.6 Å². The summed E-state index contributed by atoms with van der Waals surface area (Å²) in [5.74, 6) is 0. The molecule has 0 fully saturated rings. The lowest BCUT2D eigenvalue weighted by atomic mass is 9.99. The fourth-order valence-corrected chi connectivity index (χ4v) is 3.41. The number of nitrogens with two attached hydrogens (primary N) is 1. The van der Waals surface area contributed by atoms with Crippen LogP contribution in [0, 0.1) is 6.92 Å². The molecule has 2 aromatic carbocycles. The first-order chi connectivity index (χ1) is 9.65. The van der Waals surface area contributed by atoms with E-state index < -0.39 is 0 Å². The average molecular weight is 331 g/mol. The molecular weight excluding hydrogens is 312 g/mol. The van der Waals surface area contributed by atoms with E-state index in [-0.39, 0.29) is 0 Å². The van der Waals surface area contributed by atoms with E-state index in [0.29, 0.717) is 0 Å². The van der Waals surface area contributed by atoms with E-state index in [1.807, 2.05) is 12.1 Å². The zero-order valence-electron chi connectivity index (χ0n) is 11.7. The van der Waals surface area contributed by atoms with Crippen LogP contribution in [0.15, 0.2) is 40.9 Å². The molecule has 0 atom stereocenters. The van der Waals surface area contributed by atoms with Gasteiger partial charge >= 0.3 is 0 Å². The summed E-state index contributed by atoms with van der Waals surface area (Å²) in [5.41, 5.74) is 12.3. The van der Waals surface area contributed by atoms with E-state index >= 15 is 0 Å². The molecule has 20 heavy (non-hydrogen) atoms. The first-order valence-corrected chi connectivity index (χ1v) is 7.82. The van der Waals surface area contributed by atoms with Crippen molar-refractivity contribution in [3.63, 3.8) is 0 Å². The van der Waals surface area contributed by atoms with E-state index in [1.165, 1.54) is 35.2 Å². The van der Waals surface area contributed by atoms with Crippen molar-refractivity contribution in [2.75, 3.05) is 17.2 Å². The molecule has 3 rings (SSSR count). The highest BCUT2D eigenvalue weighted by Gasteiger charge is 2.18. The number of aryl methyl sites for hydroxylation is 2. The summed E-state index contributed by atoms with van der Waals surface area (Å²) in [6.07, 6.45) is 2.39. The third-order valence-corrected chi connectivity index (χ3v) is 4.70. The molecule has 0 aliphatic carbocycles. The van der Waals surface area contributed by atoms with Gasteiger partial charge in [-0.1, -0.05) is 39.7 Å². The summed E-state index contributed by atoms with van der Waals surface area (Å²) in [4.78, 5) is 2.44. The van der Waals surface area contributed by atoms with Crippen LogP contribution < -0.4 is 10.6 Å². The molecule has 0 unspecified atom stereocenters. The lowest BCUT2D eigenvalue weighted by Crippen LogP contribution is -2.29. The van der Waals surface area contributed by atoms with Crippen LogP contribution in [0.3, 0.4) is 0 Å². The molecule has 104 valence electrons. The Labute approximate surface area is 128 Å². The first-order valence-electron chi connectivity index (χ1n) is 7.02. The van der Waals surface area contributed by atoms with Crippen LogP contribution in [0.2, 0.25) is 0 Å². The smallest absolute Gasteiger partial charge is 0.0461 e. The minimum absolute atomic E-state index is 0.860. The van der Waals surface area contributed by atoms with Gasteiger partial charge in [0.15, 0.2) is 0 Å². The van der Waals surface area contributed by atoms with Gasteiger partial charge in [-0.05, 0) is 43.5 Å². The van der Waals surface area contributed by atoms with E-state index in [1.54, 1.807) is 0 Å². The predicted molar refractivity (Wildman–Crippen MR) is 89.1 cm³/mol. The molecule has 3 heteroatoms. The lowest BCUT2D eigenvalue weighted by Gasteiger charge is -2.32. The van der Waals surface area contributed by atoms with Crippen molar-refractivity contribution < 1.29 is 0 Å². The van der Waals surface area contributed by atoms with Gasteiger partial charge in [0.1, 0.15) is 0 Å². The number of fused-ring (bicyclic) bond motifs is 1. The van der Waals surface area contributed by atoms with Gasteiger partial charge < -0.3 is 10.6 Å². The molecule has 0 bridgehead atoms. The largest absolute Gasteiger partial charge is 0.398 e. The van der Waals surface area contributed by atoms with Gasteiger partial charge in [-0.15, -0.1) is 0 Å². The molecule has 1 heterocycles. The standard InChI is InChI=1S/C17H19BrN2/c1-12-7-8-17-13(10-12)4-3-9-20(17)11-14-15(18)5-2-6-16(14)19/h2,5-8,10H,3-4,9,11,19H2,1H3. The second-order valence-corrected chi connectivity index (χ2v) is 6.32. The summed E-state index contributed by atoms with van der Waals surface area (Å²) in [6, 6.07) is 12.8. The number of nitrogen functional groups attached to an aromatic ring is 1. The summed E-state index contributed by atoms with van der Waals surface area (Å²) >= 11 is 3.62. The molecule has 0 aromatic heterocycles. The number of rotatable bonds is 2. The number of hydrogen-bond acceptors (Lipinski definition) is 2. The number of hydrogen-bond donors (Lipinski definition) is 1. The number of benzene rings is 2. The van der Waals surface area contributed by atoms with Crippen molar-refractivity contribution >= 4 is 27.3 Å². The fraction of sp³-hybridized carbons (Fsp3) is 0.294. The Balaban J connectivity index is 1.94. The maximum absolute atomic E-state index is 6.13. The topological polar surface area (TPSA) is 29.3 Å². The highest BCUT2D eigenvalue weighted by atomic mass is 79.9. The normalized spacial score (nSPS) is 14.2. The van der Waals surface area contributed by atoms with Gasteiger partial charge in [0.2, 0.25) is 0 Å². The maximum Gasteiger partial charge on any atom is 0.0461 e. The maximum atomic E-state index is 6.13. The average Bonchev–Trinajstić information content (AvgIpc) is 2.42. The molecule has 2 N–H and O–H groups in total. The first kappa shape index (κ1) is 13.5. The second-order valence-electron chi connectivity index (χ2n) is 5.46. The van der Waals surface area contributed by atoms with Gasteiger partial charge in [0, 0.05) is 34.5 Å². The van der Waals surface area contributed by atoms with E-state index in [2.05, 4.69) is 52.0 Å². The Morgan fingerprint density at radius 1 is 1.25 bits per heavy atom. The van der Waals surface area contributed by atoms with Crippen molar-refractivity contribution in [1.29, 1.82) is 0 Å². The minimum Gasteiger partial charge on any atom is -0.398 e. The second kappa shape index (κ2) is 5.49. The number of anilines is 2. The van der Waals surface area contributed by atoms with Crippen molar-refractivity contribution in [1.82, 2.24) is 0 Å².